The van der Waals surface area contributed by atoms with E-state index in [1.807, 2.05) is 0 Å². The van der Waals surface area contributed by atoms with Gasteiger partial charge in [0.05, 0.1) is 20.3 Å². The summed E-state index contributed by atoms with van der Waals surface area (Å²) in [5, 5.41) is 42.2. The molecule has 0 radical (unpaired) electrons. The number of benzene rings is 2. The van der Waals surface area contributed by atoms with Crippen LogP contribution in [0, 0.1) is 17.8 Å². The summed E-state index contributed by atoms with van der Waals surface area (Å²) in [6.07, 6.45) is 9.41. The molecule has 4 aliphatic carbocycles. The quantitative estimate of drug-likeness (QED) is 0.160. The van der Waals surface area contributed by atoms with Crippen molar-refractivity contribution < 1.29 is 46.2 Å². The summed E-state index contributed by atoms with van der Waals surface area (Å²) in [5.74, 6) is 3.27. The Morgan fingerprint density at radius 1 is 1.00 bits per heavy atom. The summed E-state index contributed by atoms with van der Waals surface area (Å²) in [6, 6.07) is 9.20. The van der Waals surface area contributed by atoms with E-state index in [1.54, 1.807) is 30.5 Å². The third-order valence-corrected chi connectivity index (χ3v) is 8.75. The standard InChI is InChI=1S/C20H28O2.C12H18N2O3.O.V/c1-19(2,3)15-7-16(18(22)17(21)8-15)20-9-12-4-13(10-20)6-14(5-12)11-20;1-17-11-4-2-3-10(12(11)16)9-14-6-5-13-7-8-15;;/h7-8,12-14,21-22H,4-6,9-11H2,1-3H3;2-4,9,13,15-16H,5-8H2,1H3;;. The minimum absolute atomic E-state index is 0.0117. The van der Waals surface area contributed by atoms with Gasteiger partial charge in [0.1, 0.15) is 0 Å². The van der Waals surface area contributed by atoms with Gasteiger partial charge in [-0.1, -0.05) is 32.9 Å². The van der Waals surface area contributed by atoms with E-state index in [1.165, 1.54) is 45.6 Å². The predicted octanol–water partition coefficient (Wildman–Crippen LogP) is 5.14. The number of hydrogen-bond acceptors (Lipinski definition) is 8. The number of hydrogen-bond donors (Lipinski definition) is 5. The van der Waals surface area contributed by atoms with Gasteiger partial charge in [-0.3, -0.25) is 4.99 Å². The number of nitrogens with one attached hydrogen (secondary N) is 1. The summed E-state index contributed by atoms with van der Waals surface area (Å²) in [7, 11) is 1.51. The van der Waals surface area contributed by atoms with E-state index in [2.05, 4.69) is 37.1 Å². The third-order valence-electron chi connectivity index (χ3n) is 8.75. The van der Waals surface area contributed by atoms with Gasteiger partial charge >= 0.3 is 21.0 Å². The topological polar surface area (TPSA) is 132 Å². The number of aliphatic hydroxyl groups is 1. The molecule has 0 aliphatic heterocycles. The summed E-state index contributed by atoms with van der Waals surface area (Å²) in [4.78, 5) is 4.16. The fourth-order valence-electron chi connectivity index (χ4n) is 7.22. The Hall–Kier alpha value is -2.39. The number of aliphatic imine (C=N–C) groups is 1. The van der Waals surface area contributed by atoms with Gasteiger partial charge in [0, 0.05) is 30.4 Å². The molecule has 0 spiro atoms. The summed E-state index contributed by atoms with van der Waals surface area (Å²) in [6.45, 7) is 8.49. The number of ether oxygens (including phenoxy) is 1. The number of nitrogens with zero attached hydrogens (tertiary/aromatic N) is 1. The minimum atomic E-state index is -0.0117. The second-order valence-corrected chi connectivity index (χ2v) is 12.7. The number of para-hydroxylation sites is 1. The van der Waals surface area contributed by atoms with Crippen LogP contribution in [0.3, 0.4) is 0 Å². The van der Waals surface area contributed by atoms with Crippen molar-refractivity contribution in [2.75, 3.05) is 33.4 Å². The van der Waals surface area contributed by atoms with E-state index in [0.29, 0.717) is 30.9 Å². The van der Waals surface area contributed by atoms with Crippen LogP contribution in [0.15, 0.2) is 35.3 Å². The van der Waals surface area contributed by atoms with Crippen LogP contribution < -0.4 is 10.1 Å². The Morgan fingerprint density at radius 3 is 2.15 bits per heavy atom. The van der Waals surface area contributed by atoms with Crippen molar-refractivity contribution in [3.8, 4) is 23.0 Å². The van der Waals surface area contributed by atoms with E-state index in [-0.39, 0.29) is 34.7 Å². The molecule has 0 saturated heterocycles. The van der Waals surface area contributed by atoms with Crippen LogP contribution in [-0.2, 0) is 31.9 Å². The number of aromatic hydroxyl groups is 3. The third kappa shape index (κ3) is 8.13. The first-order chi connectivity index (χ1) is 19.6. The van der Waals surface area contributed by atoms with Gasteiger partial charge in [0.25, 0.3) is 0 Å². The molecule has 0 unspecified atom stereocenters. The number of phenolic OH excluding ortho intramolecular Hbond substituents is 3. The van der Waals surface area contributed by atoms with E-state index in [9.17, 15) is 15.3 Å². The van der Waals surface area contributed by atoms with Crippen LogP contribution in [0.25, 0.3) is 0 Å². The molecule has 4 aliphatic rings. The molecule has 0 aromatic heterocycles. The molecule has 2 aromatic rings. The summed E-state index contributed by atoms with van der Waals surface area (Å²) in [5.41, 5.74) is 2.91. The van der Waals surface area contributed by atoms with Gasteiger partial charge in [-0.25, -0.2) is 0 Å². The van der Waals surface area contributed by atoms with Gasteiger partial charge in [0.15, 0.2) is 23.0 Å². The maximum atomic E-state index is 10.6. The van der Waals surface area contributed by atoms with Crippen LogP contribution in [0.4, 0.5) is 0 Å². The number of aliphatic hydroxyl groups excluding tert-OH is 1. The molecule has 225 valence electrons. The molecule has 4 saturated carbocycles. The first kappa shape index (κ1) is 33.1. The predicted molar refractivity (Wildman–Crippen MR) is 156 cm³/mol. The molecule has 9 heteroatoms. The SMILES string of the molecule is CC(C)(C)c1cc(O)c(O)c(C23CC4CC(CC(C4)C2)C3)c1.COc1cccc(C=NCCNCCO)c1O.[O]=[V]. The molecule has 0 amide bonds. The molecule has 41 heavy (non-hydrogen) atoms. The Kier molecular flexibility index (Phi) is 11.9. The van der Waals surface area contributed by atoms with Crippen molar-refractivity contribution in [3.63, 3.8) is 0 Å². The normalized spacial score (nSPS) is 24.3. The molecule has 0 atom stereocenters. The Morgan fingerprint density at radius 2 is 1.61 bits per heavy atom. The fourth-order valence-corrected chi connectivity index (χ4v) is 7.22. The Bertz CT molecular complexity index is 1140. The van der Waals surface area contributed by atoms with Crippen molar-refractivity contribution in [1.29, 1.82) is 0 Å². The van der Waals surface area contributed by atoms with Crippen LogP contribution >= 0.6 is 0 Å². The van der Waals surface area contributed by atoms with Crippen molar-refractivity contribution >= 4 is 6.21 Å². The first-order valence-corrected chi connectivity index (χ1v) is 15.1. The molecule has 2 aromatic carbocycles. The zero-order valence-electron chi connectivity index (χ0n) is 24.8. The van der Waals surface area contributed by atoms with E-state index >= 15 is 0 Å². The second kappa shape index (κ2) is 14.7. The van der Waals surface area contributed by atoms with Gasteiger partial charge in [-0.15, -0.1) is 0 Å². The maximum absolute atomic E-state index is 10.6. The zero-order valence-corrected chi connectivity index (χ0v) is 26.2. The van der Waals surface area contributed by atoms with Crippen LogP contribution in [0.2, 0.25) is 0 Å². The monoisotopic (exact) mass is 605 g/mol. The fraction of sp³-hybridized carbons (Fsp3) is 0.594. The summed E-state index contributed by atoms with van der Waals surface area (Å²) >= 11 is 1.06. The van der Waals surface area contributed by atoms with Crippen LogP contribution in [0.5, 0.6) is 23.0 Å². The average Bonchev–Trinajstić information content (AvgIpc) is 2.93. The van der Waals surface area contributed by atoms with Gasteiger partial charge < -0.3 is 30.5 Å². The summed E-state index contributed by atoms with van der Waals surface area (Å²) < 4.78 is 13.2. The van der Waals surface area contributed by atoms with Crippen LogP contribution in [0.1, 0.15) is 76.0 Å². The Balaban J connectivity index is 0.000000220. The number of phenols is 3. The molecular formula is C32H46N2O6V. The van der Waals surface area contributed by atoms with Crippen LogP contribution in [-0.4, -0.2) is 60.0 Å². The molecule has 4 fully saturated rings. The average molecular weight is 606 g/mol. The van der Waals surface area contributed by atoms with Crippen molar-refractivity contribution in [3.05, 3.63) is 47.0 Å². The molecule has 5 N–H and O–H groups in total. The molecule has 6 rings (SSSR count). The van der Waals surface area contributed by atoms with E-state index in [4.69, 9.17) is 13.5 Å². The van der Waals surface area contributed by atoms with Gasteiger partial charge in [-0.2, -0.15) is 0 Å². The van der Waals surface area contributed by atoms with E-state index < -0.39 is 0 Å². The van der Waals surface area contributed by atoms with Crippen molar-refractivity contribution in [2.45, 2.75) is 70.1 Å². The van der Waals surface area contributed by atoms with Crippen molar-refractivity contribution in [1.82, 2.24) is 5.32 Å². The molecule has 4 bridgehead atoms. The zero-order chi connectivity index (χ0) is 30.2. The van der Waals surface area contributed by atoms with Gasteiger partial charge in [-0.05, 0) is 90.9 Å². The molecular weight excluding hydrogens is 559 g/mol. The molecule has 8 nitrogen and oxygen atoms in total. The van der Waals surface area contributed by atoms with Gasteiger partial charge in [0.2, 0.25) is 0 Å². The second-order valence-electron chi connectivity index (χ2n) is 12.7. The number of rotatable bonds is 8. The first-order valence-electron chi connectivity index (χ1n) is 14.5. The molecule has 0 heterocycles. The number of methoxy groups -OCH3 is 1. The Labute approximate surface area is 253 Å². The van der Waals surface area contributed by atoms with Crippen molar-refractivity contribution in [2.24, 2.45) is 22.7 Å². The van der Waals surface area contributed by atoms with E-state index in [0.717, 1.165) is 46.2 Å².